The van der Waals surface area contributed by atoms with Crippen LogP contribution in [0.3, 0.4) is 0 Å². The maximum absolute atomic E-state index is 16.1. The van der Waals surface area contributed by atoms with Crippen LogP contribution in [-0.4, -0.2) is 120 Å². The van der Waals surface area contributed by atoms with Crippen molar-refractivity contribution >= 4 is 47.4 Å². The Balaban J connectivity index is 1.08. The van der Waals surface area contributed by atoms with Gasteiger partial charge in [-0.3, -0.25) is 30.0 Å². The van der Waals surface area contributed by atoms with Crippen molar-refractivity contribution in [3.05, 3.63) is 48.5 Å². The van der Waals surface area contributed by atoms with Crippen LogP contribution in [0.25, 0.3) is 11.2 Å². The van der Waals surface area contributed by atoms with Gasteiger partial charge in [0, 0.05) is 6.54 Å². The highest BCUT2D eigenvalue weighted by atomic mass is 32.2. The van der Waals surface area contributed by atoms with Gasteiger partial charge in [-0.25, -0.2) is 23.5 Å². The number of nitrogens with zero attached hydrogens (tertiary/aromatic N) is 6. The maximum atomic E-state index is 16.1. The number of nitrogen functional groups attached to an aromatic ring is 1. The number of amides is 1. The number of carbonyl (C=O) groups excluding carboxylic acids is 1. The first-order chi connectivity index (χ1) is 24.9. The van der Waals surface area contributed by atoms with E-state index in [1.54, 1.807) is 30.3 Å². The summed E-state index contributed by atoms with van der Waals surface area (Å²) in [6.45, 7) is -1.61. The molecule has 2 aromatic heterocycles. The van der Waals surface area contributed by atoms with Gasteiger partial charge in [-0.05, 0) is 5.56 Å². The van der Waals surface area contributed by atoms with Gasteiger partial charge in [0.15, 0.2) is 36.1 Å². The molecule has 0 saturated carbocycles. The summed E-state index contributed by atoms with van der Waals surface area (Å²) < 4.78 is 94.1. The zero-order chi connectivity index (χ0) is 36.4. The van der Waals surface area contributed by atoms with Crippen LogP contribution >= 0.6 is 7.82 Å². The number of nitrogens with one attached hydrogen (secondary N) is 3. The number of fused-ring (bicyclic) bond motifs is 4. The van der Waals surface area contributed by atoms with Crippen molar-refractivity contribution in [3.8, 4) is 0 Å². The topological polar surface area (TPSA) is 294 Å². The third kappa shape index (κ3) is 6.65. The molecule has 1 aromatic carbocycles. The number of alkyl halides is 1. The molecule has 5 aliphatic heterocycles. The Kier molecular flexibility index (Phi) is 9.20. The van der Waals surface area contributed by atoms with Crippen molar-refractivity contribution < 1.29 is 54.5 Å². The molecule has 12 atom stereocenters. The van der Waals surface area contributed by atoms with E-state index in [9.17, 15) is 22.7 Å². The van der Waals surface area contributed by atoms with Crippen molar-refractivity contribution in [2.75, 3.05) is 18.9 Å². The summed E-state index contributed by atoms with van der Waals surface area (Å²) >= 11 is 0. The first kappa shape index (κ1) is 35.3. The molecule has 8 rings (SSSR count). The lowest BCUT2D eigenvalue weighted by molar-refractivity contribution is -0.235. The van der Waals surface area contributed by atoms with Crippen LogP contribution in [0.2, 0.25) is 0 Å². The first-order valence-electron chi connectivity index (χ1n) is 15.9. The Bertz CT molecular complexity index is 2020. The Morgan fingerprint density at radius 3 is 2.71 bits per heavy atom. The third-order valence-electron chi connectivity index (χ3n) is 9.04. The number of aliphatic imine (C=N–C) groups is 1. The summed E-state index contributed by atoms with van der Waals surface area (Å²) in [5, 5.41) is 5.50. The number of ether oxygens (including phenoxy) is 3. The van der Waals surface area contributed by atoms with Crippen molar-refractivity contribution in [2.24, 2.45) is 10.7 Å². The predicted molar refractivity (Wildman–Crippen MR) is 170 cm³/mol. The van der Waals surface area contributed by atoms with E-state index in [1.807, 2.05) is 0 Å². The standard InChI is InChI=1S/C27H33FN11O11PS/c28-15-18-13(47-25(15)38-10-33-16-21(29)31-9-32-22(16)38)6-35-52(43,44)50-19-14(8-46-51(41,42)49-18)48-26(20(19)45-7-12-4-2-1-3-5-12)39-11-34-17-23(39)36-27(30)37-24(17)40/h1-5,9-11,13-15,17-20,23,25-27,35-36H,6-8,30H2,(H,37,40)(H,41,42)(H2,29,31,32)/p-1/t13-,14-,15-,17?,18-,19-,20-,23?,25-,26-,27?/m1/s1. The highest BCUT2D eigenvalue weighted by Gasteiger charge is 2.56. The zero-order valence-electron chi connectivity index (χ0n) is 26.7. The van der Waals surface area contributed by atoms with E-state index in [0.717, 1.165) is 10.9 Å². The molecule has 4 fully saturated rings. The van der Waals surface area contributed by atoms with Crippen molar-refractivity contribution in [3.63, 3.8) is 0 Å². The lowest BCUT2D eigenvalue weighted by Gasteiger charge is -2.39. The smallest absolute Gasteiger partial charge is 0.336 e. The molecular formula is C27H32FN11O11PS-. The highest BCUT2D eigenvalue weighted by molar-refractivity contribution is 7.84. The number of nitrogens with two attached hydrogens (primary N) is 2. The van der Waals surface area contributed by atoms with E-state index in [1.165, 1.54) is 17.6 Å². The fourth-order valence-electron chi connectivity index (χ4n) is 6.66. The Morgan fingerprint density at radius 2 is 1.90 bits per heavy atom. The number of aromatic nitrogens is 4. The Morgan fingerprint density at radius 1 is 1.12 bits per heavy atom. The molecule has 0 bridgehead atoms. The number of carbonyl (C=O) groups is 1. The van der Waals surface area contributed by atoms with E-state index in [2.05, 4.69) is 35.3 Å². The minimum atomic E-state index is -5.37. The minimum absolute atomic E-state index is 0.00392. The fraction of sp³-hybridized carbons (Fsp3) is 0.519. The molecule has 1 amide bonds. The third-order valence-corrected chi connectivity index (χ3v) is 11.0. The quantitative estimate of drug-likeness (QED) is 0.162. The van der Waals surface area contributed by atoms with Gasteiger partial charge in [-0.2, -0.15) is 13.1 Å². The summed E-state index contributed by atoms with van der Waals surface area (Å²) in [6.07, 6.45) is -10.9. The van der Waals surface area contributed by atoms with Crippen LogP contribution in [0.5, 0.6) is 0 Å². The predicted octanol–water partition coefficient (Wildman–Crippen LogP) is -2.94. The van der Waals surface area contributed by atoms with Gasteiger partial charge in [0.25, 0.3) is 13.7 Å². The lowest BCUT2D eigenvalue weighted by atomic mass is 10.1. The number of hydrogen-bond acceptors (Lipinski definition) is 19. The highest BCUT2D eigenvalue weighted by Crippen LogP contribution is 2.47. The van der Waals surface area contributed by atoms with Gasteiger partial charge >= 0.3 is 10.3 Å². The summed E-state index contributed by atoms with van der Waals surface area (Å²) in [5.41, 5.74) is 12.7. The Hall–Kier alpha value is -3.78. The molecule has 0 radical (unpaired) electrons. The summed E-state index contributed by atoms with van der Waals surface area (Å²) in [5.74, 6) is -0.471. The number of halogens is 1. The average molecular weight is 769 g/mol. The monoisotopic (exact) mass is 768 g/mol. The second-order valence-electron chi connectivity index (χ2n) is 12.3. The number of phosphoric acid groups is 1. The molecule has 52 heavy (non-hydrogen) atoms. The van der Waals surface area contributed by atoms with Gasteiger partial charge in [0.2, 0.25) is 0 Å². The van der Waals surface area contributed by atoms with Crippen molar-refractivity contribution in [1.29, 1.82) is 0 Å². The average Bonchev–Trinajstić information content (AvgIpc) is 3.87. The summed E-state index contributed by atoms with van der Waals surface area (Å²) in [4.78, 5) is 43.6. The molecule has 4 saturated heterocycles. The van der Waals surface area contributed by atoms with E-state index < -0.39 is 105 Å². The molecule has 22 nitrogen and oxygen atoms in total. The molecule has 7 N–H and O–H groups in total. The number of benzene rings is 1. The zero-order valence-corrected chi connectivity index (χ0v) is 28.4. The van der Waals surface area contributed by atoms with Gasteiger partial charge in [0.1, 0.15) is 54.8 Å². The molecule has 0 aliphatic carbocycles. The number of phosphoric ester groups is 1. The first-order valence-corrected chi connectivity index (χ1v) is 18.7. The number of imidazole rings is 1. The van der Waals surface area contributed by atoms with E-state index in [0.29, 0.717) is 5.56 Å². The second kappa shape index (κ2) is 13.6. The molecule has 25 heteroatoms. The van der Waals surface area contributed by atoms with Crippen molar-refractivity contribution in [2.45, 2.75) is 74.3 Å². The van der Waals surface area contributed by atoms with Crippen LogP contribution in [0.1, 0.15) is 11.8 Å². The molecule has 4 unspecified atom stereocenters. The number of hydrogen-bond donors (Lipinski definition) is 5. The van der Waals surface area contributed by atoms with Crippen LogP contribution in [0.15, 0.2) is 48.0 Å². The van der Waals surface area contributed by atoms with Crippen LogP contribution in [0.4, 0.5) is 10.2 Å². The summed E-state index contributed by atoms with van der Waals surface area (Å²) in [6, 6.07) is 7.94. The van der Waals surface area contributed by atoms with E-state index in [4.69, 9.17) is 38.9 Å². The number of rotatable bonds is 5. The fourth-order valence-corrected chi connectivity index (χ4v) is 8.56. The van der Waals surface area contributed by atoms with Gasteiger partial charge in [0.05, 0.1) is 25.9 Å². The molecule has 7 heterocycles. The van der Waals surface area contributed by atoms with Crippen LogP contribution in [0, 0.1) is 0 Å². The molecule has 5 aliphatic rings. The van der Waals surface area contributed by atoms with E-state index in [-0.39, 0.29) is 23.6 Å². The van der Waals surface area contributed by atoms with Gasteiger partial charge in [-0.1, -0.05) is 30.3 Å². The summed E-state index contributed by atoms with van der Waals surface area (Å²) in [7, 11) is -10.1. The van der Waals surface area contributed by atoms with E-state index >= 15 is 4.39 Å². The van der Waals surface area contributed by atoms with Crippen LogP contribution < -0.4 is 31.7 Å². The molecule has 0 spiro atoms. The molecular weight excluding hydrogens is 736 g/mol. The molecule has 280 valence electrons. The Labute approximate surface area is 293 Å². The normalized spacial score (nSPS) is 38.9. The SMILES string of the molecule is Nc1ncnc2c1ncn2[C@@H]1O[C@@H]2CNS(=O)(=O)O[C@H]3[C@@H](OCc4ccccc4)[C@H](N4C=NC5C(=O)NC(N)NC54)O[C@@H]3COP(=O)([O-])O[C@H]2[C@H]1F. The van der Waals surface area contributed by atoms with Gasteiger partial charge in [-0.15, -0.1) is 0 Å². The number of anilines is 1. The van der Waals surface area contributed by atoms with Gasteiger partial charge < -0.3 is 44.1 Å². The second-order valence-corrected chi connectivity index (χ2v) is 15.1. The largest absolute Gasteiger partial charge is 0.756 e. The maximum Gasteiger partial charge on any atom is 0.336 e. The minimum Gasteiger partial charge on any atom is -0.756 e. The van der Waals surface area contributed by atoms with Crippen molar-refractivity contribution in [1.82, 2.24) is 39.8 Å². The van der Waals surface area contributed by atoms with Crippen LogP contribution in [-0.2, 0) is 53.7 Å². The lowest BCUT2D eigenvalue weighted by Crippen LogP contribution is -2.70. The molecule has 3 aromatic rings.